The number of rotatable bonds is 5. The molecule has 5 heteroatoms. The summed E-state index contributed by atoms with van der Waals surface area (Å²) in [7, 11) is 2.09. The van der Waals surface area contributed by atoms with Crippen molar-refractivity contribution in [1.82, 2.24) is 14.3 Å². The second-order valence-corrected chi connectivity index (χ2v) is 11.7. The van der Waals surface area contributed by atoms with Crippen LogP contribution in [0.5, 0.6) is 0 Å². The Morgan fingerprint density at radius 1 is 0.636 bits per heavy atom. The summed E-state index contributed by atoms with van der Waals surface area (Å²) in [4.78, 5) is 11.9. The fourth-order valence-electron chi connectivity index (χ4n) is 6.70. The van der Waals surface area contributed by atoms with Gasteiger partial charge in [-0.15, -0.1) is 0 Å². The SMILES string of the molecule is Cc1cccc(C)c1-c1cnc2c3cc(N(c4ccccc4)c4cccc(N5C=CN(C)C5)c4)ccc3c3ccccc3n12. The number of hydrogen-bond acceptors (Lipinski definition) is 4. The quantitative estimate of drug-likeness (QED) is 0.192. The molecule has 5 aromatic carbocycles. The number of para-hydroxylation sites is 2. The molecule has 1 aliphatic heterocycles. The maximum Gasteiger partial charge on any atom is 0.145 e. The zero-order chi connectivity index (χ0) is 29.8. The molecule has 214 valence electrons. The lowest BCUT2D eigenvalue weighted by Gasteiger charge is -2.27. The molecule has 3 heterocycles. The number of anilines is 4. The third-order valence-corrected chi connectivity index (χ3v) is 8.75. The van der Waals surface area contributed by atoms with E-state index in [1.807, 2.05) is 6.20 Å². The van der Waals surface area contributed by atoms with Gasteiger partial charge in [0, 0.05) is 58.5 Å². The van der Waals surface area contributed by atoms with Gasteiger partial charge in [-0.2, -0.15) is 0 Å². The molecule has 0 saturated carbocycles. The summed E-state index contributed by atoms with van der Waals surface area (Å²) in [5.41, 5.74) is 11.4. The molecule has 8 rings (SSSR count). The molecule has 5 nitrogen and oxygen atoms in total. The normalized spacial score (nSPS) is 13.1. The van der Waals surface area contributed by atoms with E-state index in [2.05, 4.69) is 168 Å². The van der Waals surface area contributed by atoms with Gasteiger partial charge < -0.3 is 14.7 Å². The van der Waals surface area contributed by atoms with Crippen LogP contribution in [-0.4, -0.2) is 28.0 Å². The lowest BCUT2D eigenvalue weighted by molar-refractivity contribution is 0.496. The molecule has 44 heavy (non-hydrogen) atoms. The summed E-state index contributed by atoms with van der Waals surface area (Å²) in [5.74, 6) is 0. The number of fused-ring (bicyclic) bond motifs is 6. The van der Waals surface area contributed by atoms with Gasteiger partial charge in [-0.05, 0) is 78.9 Å². The Morgan fingerprint density at radius 3 is 2.16 bits per heavy atom. The van der Waals surface area contributed by atoms with Crippen molar-refractivity contribution >= 4 is 50.1 Å². The molecule has 0 fully saturated rings. The molecule has 2 aromatic heterocycles. The summed E-state index contributed by atoms with van der Waals surface area (Å²) in [6, 6.07) is 41.4. The monoisotopic (exact) mass is 571 g/mol. The van der Waals surface area contributed by atoms with Crippen LogP contribution in [0.25, 0.3) is 38.6 Å². The average molecular weight is 572 g/mol. The van der Waals surface area contributed by atoms with Crippen LogP contribution in [-0.2, 0) is 0 Å². The van der Waals surface area contributed by atoms with Crippen molar-refractivity contribution in [3.05, 3.63) is 145 Å². The average Bonchev–Trinajstić information content (AvgIpc) is 3.69. The van der Waals surface area contributed by atoms with Crippen LogP contribution < -0.4 is 9.80 Å². The Morgan fingerprint density at radius 2 is 1.36 bits per heavy atom. The minimum Gasteiger partial charge on any atom is -0.361 e. The smallest absolute Gasteiger partial charge is 0.145 e. The highest BCUT2D eigenvalue weighted by Crippen LogP contribution is 2.41. The summed E-state index contributed by atoms with van der Waals surface area (Å²) in [5, 5.41) is 3.53. The topological polar surface area (TPSA) is 27.0 Å². The summed E-state index contributed by atoms with van der Waals surface area (Å²) >= 11 is 0. The molecule has 0 aliphatic carbocycles. The van der Waals surface area contributed by atoms with Crippen LogP contribution in [0, 0.1) is 13.8 Å². The Bertz CT molecular complexity index is 2190. The van der Waals surface area contributed by atoms with Gasteiger partial charge in [0.25, 0.3) is 0 Å². The predicted octanol–water partition coefficient (Wildman–Crippen LogP) is 9.57. The molecule has 0 amide bonds. The van der Waals surface area contributed by atoms with Crippen molar-refractivity contribution in [3.63, 3.8) is 0 Å². The summed E-state index contributed by atoms with van der Waals surface area (Å²) in [6.07, 6.45) is 6.29. The molecule has 0 unspecified atom stereocenters. The largest absolute Gasteiger partial charge is 0.361 e. The van der Waals surface area contributed by atoms with Crippen LogP contribution >= 0.6 is 0 Å². The first-order valence-corrected chi connectivity index (χ1v) is 15.1. The number of imidazole rings is 1. The molecular weight excluding hydrogens is 538 g/mol. The van der Waals surface area contributed by atoms with Crippen LogP contribution in [0.3, 0.4) is 0 Å². The van der Waals surface area contributed by atoms with Gasteiger partial charge in [0.1, 0.15) is 5.65 Å². The van der Waals surface area contributed by atoms with E-state index in [-0.39, 0.29) is 0 Å². The minimum absolute atomic E-state index is 0.832. The maximum atomic E-state index is 5.10. The first kappa shape index (κ1) is 26.1. The zero-order valence-electron chi connectivity index (χ0n) is 25.1. The fraction of sp³-hybridized carbons (Fsp3) is 0.103. The van der Waals surface area contributed by atoms with Gasteiger partial charge in [-0.25, -0.2) is 4.98 Å². The Hall–Kier alpha value is -5.55. The first-order chi connectivity index (χ1) is 21.6. The third kappa shape index (κ3) is 4.20. The molecular formula is C39H33N5. The van der Waals surface area contributed by atoms with E-state index < -0.39 is 0 Å². The number of benzene rings is 5. The van der Waals surface area contributed by atoms with Crippen molar-refractivity contribution in [2.75, 3.05) is 23.5 Å². The second kappa shape index (κ2) is 10.3. The molecule has 7 aromatic rings. The lowest BCUT2D eigenvalue weighted by atomic mass is 10.00. The molecule has 0 atom stereocenters. The van der Waals surface area contributed by atoms with Gasteiger partial charge >= 0.3 is 0 Å². The molecule has 0 spiro atoms. The Kier molecular flexibility index (Phi) is 6.12. The zero-order valence-corrected chi connectivity index (χ0v) is 25.1. The highest BCUT2D eigenvalue weighted by molar-refractivity contribution is 6.13. The number of pyridine rings is 1. The summed E-state index contributed by atoms with van der Waals surface area (Å²) < 4.78 is 2.35. The molecule has 0 saturated heterocycles. The van der Waals surface area contributed by atoms with Gasteiger partial charge in [0.15, 0.2) is 0 Å². The maximum absolute atomic E-state index is 5.10. The second-order valence-electron chi connectivity index (χ2n) is 11.7. The number of aryl methyl sites for hydroxylation is 2. The minimum atomic E-state index is 0.832. The molecule has 0 N–H and O–H groups in total. The van der Waals surface area contributed by atoms with Crippen LogP contribution in [0.2, 0.25) is 0 Å². The first-order valence-electron chi connectivity index (χ1n) is 15.1. The van der Waals surface area contributed by atoms with Crippen molar-refractivity contribution in [3.8, 4) is 11.3 Å². The Balaban J connectivity index is 1.37. The van der Waals surface area contributed by atoms with Crippen molar-refractivity contribution in [2.45, 2.75) is 13.8 Å². The van der Waals surface area contributed by atoms with Gasteiger partial charge in [-0.3, -0.25) is 4.40 Å². The van der Waals surface area contributed by atoms with E-state index in [4.69, 9.17) is 4.98 Å². The van der Waals surface area contributed by atoms with Gasteiger partial charge in [0.05, 0.1) is 24.1 Å². The van der Waals surface area contributed by atoms with E-state index in [9.17, 15) is 0 Å². The van der Waals surface area contributed by atoms with Gasteiger partial charge in [-0.1, -0.05) is 66.7 Å². The highest BCUT2D eigenvalue weighted by atomic mass is 15.3. The number of nitrogens with zero attached hydrogens (tertiary/aromatic N) is 5. The molecule has 0 bridgehead atoms. The molecule has 0 radical (unpaired) electrons. The lowest BCUT2D eigenvalue weighted by Crippen LogP contribution is -2.21. The standard InChI is InChI=1S/C39H33N5/c1-27-11-9-12-28(2)38(27)37-25-40-39-35-24-32(19-20-33(35)34-17-7-8-18-36(34)44(37)39)43(29-13-5-4-6-14-29)31-16-10-15-30(23-31)42-22-21-41(3)26-42/h4-25H,26H2,1-3H3. The number of aromatic nitrogens is 2. The van der Waals surface area contributed by atoms with E-state index in [1.54, 1.807) is 0 Å². The van der Waals surface area contributed by atoms with Crippen LogP contribution in [0.15, 0.2) is 134 Å². The van der Waals surface area contributed by atoms with Crippen molar-refractivity contribution in [2.24, 2.45) is 0 Å². The van der Waals surface area contributed by atoms with Gasteiger partial charge in [0.2, 0.25) is 0 Å². The van der Waals surface area contributed by atoms with E-state index >= 15 is 0 Å². The predicted molar refractivity (Wildman–Crippen MR) is 184 cm³/mol. The third-order valence-electron chi connectivity index (χ3n) is 8.75. The fourth-order valence-corrected chi connectivity index (χ4v) is 6.70. The highest BCUT2D eigenvalue weighted by Gasteiger charge is 2.20. The van der Waals surface area contributed by atoms with E-state index in [0.29, 0.717) is 0 Å². The van der Waals surface area contributed by atoms with Crippen molar-refractivity contribution in [1.29, 1.82) is 0 Å². The van der Waals surface area contributed by atoms with Crippen LogP contribution in [0.4, 0.5) is 22.7 Å². The van der Waals surface area contributed by atoms with Crippen molar-refractivity contribution < 1.29 is 0 Å². The number of hydrogen-bond donors (Lipinski definition) is 0. The summed E-state index contributed by atoms with van der Waals surface area (Å²) in [6.45, 7) is 5.20. The molecule has 1 aliphatic rings. The van der Waals surface area contributed by atoms with E-state index in [1.165, 1.54) is 27.5 Å². The van der Waals surface area contributed by atoms with Crippen LogP contribution in [0.1, 0.15) is 11.1 Å². The Labute approximate surface area is 257 Å². The van der Waals surface area contributed by atoms with E-state index in [0.717, 1.165) is 51.7 Å².